The van der Waals surface area contributed by atoms with E-state index in [1.54, 1.807) is 30.3 Å². The Morgan fingerprint density at radius 2 is 1.57 bits per heavy atom. The van der Waals surface area contributed by atoms with Crippen LogP contribution in [0.5, 0.6) is 0 Å². The van der Waals surface area contributed by atoms with Crippen LogP contribution in [0.4, 0.5) is 4.39 Å². The molecule has 1 N–H and O–H groups in total. The first-order chi connectivity index (χ1) is 16.9. The average Bonchev–Trinajstić information content (AvgIpc) is 2.85. The molecule has 3 aromatic carbocycles. The highest BCUT2D eigenvalue weighted by Gasteiger charge is 2.31. The minimum absolute atomic E-state index is 0.00980. The molecule has 3 rings (SSSR count). The van der Waals surface area contributed by atoms with Gasteiger partial charge in [-0.1, -0.05) is 85.1 Å². The average molecular weight is 515 g/mol. The Hall–Kier alpha value is -2.89. The van der Waals surface area contributed by atoms with Crippen LogP contribution >= 0.6 is 23.2 Å². The Balaban J connectivity index is 1.98. The third-order valence-electron chi connectivity index (χ3n) is 5.76. The van der Waals surface area contributed by atoms with Crippen molar-refractivity contribution in [1.29, 1.82) is 0 Å². The third kappa shape index (κ3) is 7.81. The molecule has 0 aliphatic heterocycles. The predicted molar refractivity (Wildman–Crippen MR) is 139 cm³/mol. The fraction of sp³-hybridized carbons (Fsp3) is 0.286. The normalized spacial score (nSPS) is 11.7. The molecule has 0 aliphatic carbocycles. The first-order valence-corrected chi connectivity index (χ1v) is 12.4. The van der Waals surface area contributed by atoms with Gasteiger partial charge < -0.3 is 10.2 Å². The first-order valence-electron chi connectivity index (χ1n) is 11.7. The molecule has 4 nitrogen and oxygen atoms in total. The van der Waals surface area contributed by atoms with Crippen molar-refractivity contribution in [2.75, 3.05) is 6.54 Å². The van der Waals surface area contributed by atoms with Crippen LogP contribution in [-0.4, -0.2) is 29.3 Å². The van der Waals surface area contributed by atoms with Crippen LogP contribution in [0.3, 0.4) is 0 Å². The quantitative estimate of drug-likeness (QED) is 0.308. The molecule has 0 saturated carbocycles. The number of rotatable bonds is 11. The minimum atomic E-state index is -0.783. The van der Waals surface area contributed by atoms with Crippen molar-refractivity contribution in [3.63, 3.8) is 0 Å². The molecule has 0 saturated heterocycles. The van der Waals surface area contributed by atoms with Crippen molar-refractivity contribution < 1.29 is 14.0 Å². The maximum absolute atomic E-state index is 13.7. The number of hydrogen-bond donors (Lipinski definition) is 1. The van der Waals surface area contributed by atoms with Crippen molar-refractivity contribution in [3.8, 4) is 0 Å². The van der Waals surface area contributed by atoms with Gasteiger partial charge in [-0.15, -0.1) is 0 Å². The Kier molecular flexibility index (Phi) is 10.1. The number of halogens is 3. The molecule has 184 valence electrons. The molecule has 0 fully saturated rings. The van der Waals surface area contributed by atoms with E-state index in [0.29, 0.717) is 34.1 Å². The summed E-state index contributed by atoms with van der Waals surface area (Å²) in [5.41, 5.74) is 2.15. The number of benzene rings is 3. The number of amides is 2. The summed E-state index contributed by atoms with van der Waals surface area (Å²) in [5.74, 6) is -0.893. The SMILES string of the molecule is CCCCNC(=O)[C@@H](Cc1ccccc1)N(Cc1c(Cl)cccc1Cl)C(=O)Cc1ccc(F)cc1. The van der Waals surface area contributed by atoms with Crippen molar-refractivity contribution >= 4 is 35.0 Å². The van der Waals surface area contributed by atoms with Crippen LogP contribution < -0.4 is 5.32 Å². The second-order valence-electron chi connectivity index (χ2n) is 8.38. The second-order valence-corrected chi connectivity index (χ2v) is 9.19. The molecule has 0 unspecified atom stereocenters. The molecule has 35 heavy (non-hydrogen) atoms. The number of carbonyl (C=O) groups is 2. The van der Waals surface area contributed by atoms with Crippen LogP contribution in [0.15, 0.2) is 72.8 Å². The van der Waals surface area contributed by atoms with Crippen LogP contribution in [0.1, 0.15) is 36.5 Å². The molecular weight excluding hydrogens is 486 g/mol. The first kappa shape index (κ1) is 26.7. The van der Waals surface area contributed by atoms with Gasteiger partial charge in [-0.05, 0) is 41.8 Å². The van der Waals surface area contributed by atoms with Gasteiger partial charge in [-0.2, -0.15) is 0 Å². The van der Waals surface area contributed by atoms with Crippen LogP contribution in [0.2, 0.25) is 10.0 Å². The van der Waals surface area contributed by atoms with Gasteiger partial charge in [0.2, 0.25) is 11.8 Å². The highest BCUT2D eigenvalue weighted by Crippen LogP contribution is 2.27. The van der Waals surface area contributed by atoms with E-state index in [4.69, 9.17) is 23.2 Å². The Morgan fingerprint density at radius 1 is 0.914 bits per heavy atom. The van der Waals surface area contributed by atoms with Gasteiger partial charge in [-0.3, -0.25) is 9.59 Å². The van der Waals surface area contributed by atoms with Crippen molar-refractivity contribution in [2.24, 2.45) is 0 Å². The number of unbranched alkanes of at least 4 members (excludes halogenated alkanes) is 1. The number of nitrogens with zero attached hydrogens (tertiary/aromatic N) is 1. The van der Waals surface area contributed by atoms with Crippen LogP contribution in [0.25, 0.3) is 0 Å². The summed E-state index contributed by atoms with van der Waals surface area (Å²) in [6, 6.07) is 19.7. The summed E-state index contributed by atoms with van der Waals surface area (Å²) in [7, 11) is 0. The van der Waals surface area contributed by atoms with Crippen LogP contribution in [-0.2, 0) is 29.0 Å². The summed E-state index contributed by atoms with van der Waals surface area (Å²) in [6.45, 7) is 2.64. The molecule has 0 bridgehead atoms. The summed E-state index contributed by atoms with van der Waals surface area (Å²) in [6.07, 6.45) is 2.11. The lowest BCUT2D eigenvalue weighted by Gasteiger charge is -2.32. The zero-order chi connectivity index (χ0) is 25.2. The summed E-state index contributed by atoms with van der Waals surface area (Å²) in [5, 5.41) is 3.81. The van der Waals surface area contributed by atoms with Gasteiger partial charge in [0.05, 0.1) is 6.42 Å². The second kappa shape index (κ2) is 13.3. The van der Waals surface area contributed by atoms with Gasteiger partial charge in [0.1, 0.15) is 11.9 Å². The van der Waals surface area contributed by atoms with Crippen molar-refractivity contribution in [2.45, 2.75) is 45.2 Å². The molecule has 0 heterocycles. The largest absolute Gasteiger partial charge is 0.354 e. The summed E-state index contributed by atoms with van der Waals surface area (Å²) in [4.78, 5) is 28.6. The van der Waals surface area contributed by atoms with E-state index < -0.39 is 6.04 Å². The lowest BCUT2D eigenvalue weighted by molar-refractivity contribution is -0.140. The maximum Gasteiger partial charge on any atom is 0.243 e. The van der Waals surface area contributed by atoms with Gasteiger partial charge in [0, 0.05) is 35.1 Å². The highest BCUT2D eigenvalue weighted by atomic mass is 35.5. The Bertz CT molecular complexity index is 1100. The van der Waals surface area contributed by atoms with Gasteiger partial charge >= 0.3 is 0 Å². The highest BCUT2D eigenvalue weighted by molar-refractivity contribution is 6.36. The monoisotopic (exact) mass is 514 g/mol. The molecule has 7 heteroatoms. The van der Waals surface area contributed by atoms with E-state index in [0.717, 1.165) is 18.4 Å². The zero-order valence-electron chi connectivity index (χ0n) is 19.6. The van der Waals surface area contributed by atoms with Crippen molar-refractivity contribution in [3.05, 3.63) is 105 Å². The number of nitrogens with one attached hydrogen (secondary N) is 1. The summed E-state index contributed by atoms with van der Waals surface area (Å²) < 4.78 is 13.4. The summed E-state index contributed by atoms with van der Waals surface area (Å²) >= 11 is 12.9. The standard InChI is InChI=1S/C28H29Cl2FN2O2/c1-2-3-16-32-28(35)26(17-20-8-5-4-6-9-20)33(19-23-24(29)10-7-11-25(23)30)27(34)18-21-12-14-22(31)15-13-21/h4-15,26H,2-3,16-19H2,1H3,(H,32,35)/t26-/m1/s1. The van der Waals surface area contributed by atoms with E-state index in [9.17, 15) is 14.0 Å². The smallest absolute Gasteiger partial charge is 0.243 e. The van der Waals surface area contributed by atoms with E-state index >= 15 is 0 Å². The van der Waals surface area contributed by atoms with Gasteiger partial charge in [-0.25, -0.2) is 4.39 Å². The molecule has 0 spiro atoms. The number of hydrogen-bond acceptors (Lipinski definition) is 2. The fourth-order valence-electron chi connectivity index (χ4n) is 3.79. The van der Waals surface area contributed by atoms with Gasteiger partial charge in [0.25, 0.3) is 0 Å². The molecule has 0 radical (unpaired) electrons. The van der Waals surface area contributed by atoms with E-state index in [2.05, 4.69) is 5.32 Å². The van der Waals surface area contributed by atoms with E-state index in [-0.39, 0.29) is 30.6 Å². The topological polar surface area (TPSA) is 49.4 Å². The Labute approximate surface area is 216 Å². The number of carbonyl (C=O) groups excluding carboxylic acids is 2. The predicted octanol–water partition coefficient (Wildman–Crippen LogP) is 6.23. The van der Waals surface area contributed by atoms with Crippen molar-refractivity contribution in [1.82, 2.24) is 10.2 Å². The van der Waals surface area contributed by atoms with Crippen LogP contribution in [0, 0.1) is 5.82 Å². The third-order valence-corrected chi connectivity index (χ3v) is 6.47. The maximum atomic E-state index is 13.7. The molecule has 1 atom stereocenters. The lowest BCUT2D eigenvalue weighted by atomic mass is 10.0. The van der Waals surface area contributed by atoms with E-state index in [1.807, 2.05) is 37.3 Å². The molecule has 0 aromatic heterocycles. The zero-order valence-corrected chi connectivity index (χ0v) is 21.2. The molecular formula is C28H29Cl2FN2O2. The Morgan fingerprint density at radius 3 is 2.20 bits per heavy atom. The molecule has 2 amide bonds. The molecule has 0 aliphatic rings. The van der Waals surface area contributed by atoms with E-state index in [1.165, 1.54) is 17.0 Å². The minimum Gasteiger partial charge on any atom is -0.354 e. The lowest BCUT2D eigenvalue weighted by Crippen LogP contribution is -2.51. The van der Waals surface area contributed by atoms with Gasteiger partial charge in [0.15, 0.2) is 0 Å². The molecule has 3 aromatic rings. The fourth-order valence-corrected chi connectivity index (χ4v) is 4.31.